The van der Waals surface area contributed by atoms with Gasteiger partial charge in [0.25, 0.3) is 0 Å². The molecule has 0 spiro atoms. The van der Waals surface area contributed by atoms with E-state index in [2.05, 4.69) is 5.32 Å². The van der Waals surface area contributed by atoms with E-state index >= 15 is 0 Å². The number of ether oxygens (including phenoxy) is 1. The Kier molecular flexibility index (Phi) is 6.30. The average Bonchev–Trinajstić information content (AvgIpc) is 3.03. The number of rotatable bonds is 4. The molecule has 1 saturated heterocycles. The zero-order chi connectivity index (χ0) is 21.0. The molecule has 2 amide bonds. The molecule has 1 aliphatic heterocycles. The number of nitrogens with zero attached hydrogens (tertiary/aromatic N) is 1. The van der Waals surface area contributed by atoms with Gasteiger partial charge in [-0.1, -0.05) is 25.1 Å². The number of hydrogen-bond acceptors (Lipinski definition) is 4. The van der Waals surface area contributed by atoms with Crippen LogP contribution in [0.4, 0.5) is 4.79 Å². The van der Waals surface area contributed by atoms with Crippen molar-refractivity contribution in [3.63, 3.8) is 0 Å². The first-order chi connectivity index (χ1) is 13.8. The second kappa shape index (κ2) is 8.72. The highest BCUT2D eigenvalue weighted by Gasteiger charge is 2.27. The van der Waals surface area contributed by atoms with Crippen molar-refractivity contribution < 1.29 is 18.7 Å². The maximum absolute atomic E-state index is 12.4. The number of carbonyl (C=O) groups excluding carboxylic acids is 2. The summed E-state index contributed by atoms with van der Waals surface area (Å²) in [4.78, 5) is 26.3. The van der Waals surface area contributed by atoms with E-state index in [9.17, 15) is 9.59 Å². The number of benzene rings is 1. The van der Waals surface area contributed by atoms with E-state index in [1.54, 1.807) is 11.0 Å². The number of nitrogens with one attached hydrogen (secondary N) is 1. The minimum Gasteiger partial charge on any atom is -0.460 e. The molecule has 0 bridgehead atoms. The Bertz CT molecular complexity index is 899. The van der Waals surface area contributed by atoms with Crippen LogP contribution in [0.25, 0.3) is 17.0 Å². The largest absolute Gasteiger partial charge is 0.460 e. The predicted molar refractivity (Wildman–Crippen MR) is 114 cm³/mol. The molecule has 1 aromatic heterocycles. The highest BCUT2D eigenvalue weighted by molar-refractivity contribution is 5.96. The molecule has 6 nitrogen and oxygen atoms in total. The minimum absolute atomic E-state index is 0.0533. The molecule has 0 atom stereocenters. The van der Waals surface area contributed by atoms with Gasteiger partial charge >= 0.3 is 6.09 Å². The van der Waals surface area contributed by atoms with E-state index in [-0.39, 0.29) is 18.0 Å². The first kappa shape index (κ1) is 21.0. The van der Waals surface area contributed by atoms with Crippen LogP contribution in [0, 0.1) is 0 Å². The second-order valence-corrected chi connectivity index (χ2v) is 8.37. The van der Waals surface area contributed by atoms with Crippen LogP contribution in [0.2, 0.25) is 0 Å². The lowest BCUT2D eigenvalue weighted by Gasteiger charge is -2.33. The molecule has 0 saturated carbocycles. The van der Waals surface area contributed by atoms with Crippen molar-refractivity contribution in [1.29, 1.82) is 0 Å². The maximum atomic E-state index is 12.4. The summed E-state index contributed by atoms with van der Waals surface area (Å²) in [5.74, 6) is 0.744. The van der Waals surface area contributed by atoms with Crippen molar-refractivity contribution in [2.24, 2.45) is 0 Å². The molecule has 0 radical (unpaired) electrons. The van der Waals surface area contributed by atoms with Gasteiger partial charge in [-0.25, -0.2) is 4.79 Å². The van der Waals surface area contributed by atoms with E-state index in [0.717, 1.165) is 28.7 Å². The molecule has 2 heterocycles. The van der Waals surface area contributed by atoms with Gasteiger partial charge in [-0.15, -0.1) is 0 Å². The van der Waals surface area contributed by atoms with E-state index in [1.807, 2.05) is 58.0 Å². The fraction of sp³-hybridized carbons (Fsp3) is 0.478. The van der Waals surface area contributed by atoms with Crippen molar-refractivity contribution in [2.45, 2.75) is 58.6 Å². The highest BCUT2D eigenvalue weighted by atomic mass is 16.6. The lowest BCUT2D eigenvalue weighted by atomic mass is 10.1. The number of likely N-dealkylation sites (tertiary alicyclic amines) is 1. The summed E-state index contributed by atoms with van der Waals surface area (Å²) in [6, 6.07) is 7.90. The van der Waals surface area contributed by atoms with Gasteiger partial charge in [-0.3, -0.25) is 4.79 Å². The lowest BCUT2D eigenvalue weighted by molar-refractivity contribution is -0.117. The highest BCUT2D eigenvalue weighted by Crippen LogP contribution is 2.27. The van der Waals surface area contributed by atoms with Gasteiger partial charge in [0, 0.05) is 42.6 Å². The fourth-order valence-electron chi connectivity index (χ4n) is 3.50. The molecule has 1 fully saturated rings. The summed E-state index contributed by atoms with van der Waals surface area (Å²) in [6.45, 7) is 8.77. The first-order valence-electron chi connectivity index (χ1n) is 10.2. The summed E-state index contributed by atoms with van der Waals surface area (Å²) < 4.78 is 11.3. The van der Waals surface area contributed by atoms with Crippen molar-refractivity contribution in [1.82, 2.24) is 10.2 Å². The quantitative estimate of drug-likeness (QED) is 0.769. The van der Waals surface area contributed by atoms with Gasteiger partial charge in [0.05, 0.1) is 0 Å². The number of furan rings is 1. The monoisotopic (exact) mass is 398 g/mol. The van der Waals surface area contributed by atoms with E-state index in [1.165, 1.54) is 0 Å². The Hall–Kier alpha value is -2.76. The van der Waals surface area contributed by atoms with E-state index in [4.69, 9.17) is 9.15 Å². The predicted octanol–water partition coefficient (Wildman–Crippen LogP) is 4.52. The third-order valence-corrected chi connectivity index (χ3v) is 4.93. The molecule has 1 N–H and O–H groups in total. The standard InChI is InChI=1S/C23H30N2O4/c1-5-19-18(17-8-6-7-9-20(17)28-19)10-11-21(26)24-16-12-14-25(15-13-16)22(27)29-23(2,3)4/h6-11,16H,5,12-15H2,1-4H3,(H,24,26). The topological polar surface area (TPSA) is 71.8 Å². The number of amides is 2. The molecule has 0 aliphatic carbocycles. The van der Waals surface area contributed by atoms with Crippen molar-refractivity contribution in [2.75, 3.05) is 13.1 Å². The van der Waals surface area contributed by atoms with Gasteiger partial charge in [0.1, 0.15) is 16.9 Å². The summed E-state index contributed by atoms with van der Waals surface area (Å²) in [7, 11) is 0. The molecular formula is C23H30N2O4. The van der Waals surface area contributed by atoms with Gasteiger partial charge in [0.2, 0.25) is 5.91 Å². The summed E-state index contributed by atoms with van der Waals surface area (Å²) in [5.41, 5.74) is 1.29. The summed E-state index contributed by atoms with van der Waals surface area (Å²) in [5, 5.41) is 4.05. The molecule has 29 heavy (non-hydrogen) atoms. The first-order valence-corrected chi connectivity index (χ1v) is 10.2. The second-order valence-electron chi connectivity index (χ2n) is 8.37. The SMILES string of the molecule is CCc1oc2ccccc2c1C=CC(=O)NC1CCN(C(=O)OC(C)(C)C)CC1. The van der Waals surface area contributed by atoms with Crippen LogP contribution >= 0.6 is 0 Å². The Labute approximate surface area is 171 Å². The zero-order valence-corrected chi connectivity index (χ0v) is 17.7. The van der Waals surface area contributed by atoms with Gasteiger partial charge < -0.3 is 19.4 Å². The van der Waals surface area contributed by atoms with Gasteiger partial charge in [0.15, 0.2) is 0 Å². The molecule has 156 valence electrons. The minimum atomic E-state index is -0.498. The number of carbonyl (C=O) groups is 2. The lowest BCUT2D eigenvalue weighted by Crippen LogP contribution is -2.47. The molecule has 6 heteroatoms. The normalized spacial score (nSPS) is 15.8. The van der Waals surface area contributed by atoms with Gasteiger partial charge in [-0.05, 0) is 45.8 Å². The average molecular weight is 399 g/mol. The number of para-hydroxylation sites is 1. The Morgan fingerprint density at radius 3 is 2.59 bits per heavy atom. The Morgan fingerprint density at radius 2 is 1.93 bits per heavy atom. The van der Waals surface area contributed by atoms with Crippen LogP contribution in [-0.4, -0.2) is 41.6 Å². The third-order valence-electron chi connectivity index (χ3n) is 4.93. The Morgan fingerprint density at radius 1 is 1.24 bits per heavy atom. The summed E-state index contributed by atoms with van der Waals surface area (Å²) in [6.07, 6.45) is 5.30. The molecule has 2 aromatic rings. The van der Waals surface area contributed by atoms with Crippen molar-refractivity contribution in [3.05, 3.63) is 41.7 Å². The van der Waals surface area contributed by atoms with Crippen LogP contribution in [-0.2, 0) is 16.0 Å². The zero-order valence-electron chi connectivity index (χ0n) is 17.7. The van der Waals surface area contributed by atoms with Crippen LogP contribution in [0.1, 0.15) is 51.9 Å². The molecule has 3 rings (SSSR count). The maximum Gasteiger partial charge on any atom is 0.410 e. The van der Waals surface area contributed by atoms with Gasteiger partial charge in [-0.2, -0.15) is 0 Å². The number of hydrogen-bond donors (Lipinski definition) is 1. The van der Waals surface area contributed by atoms with Crippen LogP contribution < -0.4 is 5.32 Å². The Balaban J connectivity index is 1.55. The van der Waals surface area contributed by atoms with E-state index < -0.39 is 5.60 Å². The van der Waals surface area contributed by atoms with Crippen LogP contribution in [0.15, 0.2) is 34.8 Å². The number of piperidine rings is 1. The summed E-state index contributed by atoms with van der Waals surface area (Å²) >= 11 is 0. The number of fused-ring (bicyclic) bond motifs is 1. The van der Waals surface area contributed by atoms with Crippen molar-refractivity contribution in [3.8, 4) is 0 Å². The number of aryl methyl sites for hydroxylation is 1. The van der Waals surface area contributed by atoms with Crippen molar-refractivity contribution >= 4 is 29.0 Å². The molecule has 0 unspecified atom stereocenters. The third kappa shape index (κ3) is 5.40. The fourth-order valence-corrected chi connectivity index (χ4v) is 3.50. The smallest absolute Gasteiger partial charge is 0.410 e. The van der Waals surface area contributed by atoms with Crippen LogP contribution in [0.5, 0.6) is 0 Å². The van der Waals surface area contributed by atoms with Crippen LogP contribution in [0.3, 0.4) is 0 Å². The molecule has 1 aromatic carbocycles. The molecule has 1 aliphatic rings. The molecular weight excluding hydrogens is 368 g/mol. The van der Waals surface area contributed by atoms with E-state index in [0.29, 0.717) is 25.9 Å².